The number of nitrogens with one attached hydrogen (secondary N) is 2. The number of carbonyl (C=O) groups is 2. The molecule has 7 nitrogen and oxygen atoms in total. The average molecular weight is 380 g/mol. The average Bonchev–Trinajstić information content (AvgIpc) is 3.07. The van der Waals surface area contributed by atoms with E-state index < -0.39 is 11.8 Å². The molecule has 0 fully saturated rings. The zero-order chi connectivity index (χ0) is 19.8. The second-order valence-electron chi connectivity index (χ2n) is 6.73. The number of rotatable bonds is 2. The lowest BCUT2D eigenvalue weighted by atomic mass is 10.0. The quantitative estimate of drug-likeness (QED) is 0.667. The van der Waals surface area contributed by atoms with Crippen LogP contribution in [-0.2, 0) is 0 Å². The molecule has 3 aromatic rings. The van der Waals surface area contributed by atoms with Gasteiger partial charge < -0.3 is 13.9 Å². The number of benzene rings is 2. The molecule has 0 saturated carbocycles. The van der Waals surface area contributed by atoms with E-state index in [1.807, 2.05) is 32.9 Å². The summed E-state index contributed by atoms with van der Waals surface area (Å²) >= 11 is 0. The fraction of sp³-hybridized carbons (Fsp3) is 0.238. The van der Waals surface area contributed by atoms with Crippen molar-refractivity contribution < 1.29 is 23.5 Å². The van der Waals surface area contributed by atoms with Crippen molar-refractivity contribution in [2.24, 2.45) is 0 Å². The molecule has 7 heteroatoms. The molecule has 0 radical (unpaired) electrons. The van der Waals surface area contributed by atoms with Gasteiger partial charge in [-0.3, -0.25) is 20.4 Å². The van der Waals surface area contributed by atoms with Crippen molar-refractivity contribution in [3.05, 3.63) is 58.3 Å². The van der Waals surface area contributed by atoms with Crippen LogP contribution in [-0.4, -0.2) is 25.0 Å². The molecule has 0 atom stereocenters. The summed E-state index contributed by atoms with van der Waals surface area (Å²) in [5.74, 6) is 0.291. The Morgan fingerprint density at radius 2 is 1.54 bits per heavy atom. The predicted octanol–water partition coefficient (Wildman–Crippen LogP) is 3.20. The predicted molar refractivity (Wildman–Crippen MR) is 103 cm³/mol. The van der Waals surface area contributed by atoms with Gasteiger partial charge in [0.1, 0.15) is 18.8 Å². The first-order valence-corrected chi connectivity index (χ1v) is 8.95. The minimum absolute atomic E-state index is 0.176. The summed E-state index contributed by atoms with van der Waals surface area (Å²) in [7, 11) is 0. The molecule has 0 unspecified atom stereocenters. The molecule has 2 aromatic carbocycles. The number of hydrazine groups is 1. The van der Waals surface area contributed by atoms with Crippen LogP contribution < -0.4 is 20.3 Å². The molecule has 2 amide bonds. The number of amides is 2. The van der Waals surface area contributed by atoms with Gasteiger partial charge in [-0.1, -0.05) is 12.1 Å². The molecular weight excluding hydrogens is 360 g/mol. The standard InChI is InChI=1S/C21H20N2O5/c1-11-4-5-12(2)18-17(11)13(3)19(28-18)21(25)23-22-20(24)14-6-7-15-16(10-14)27-9-8-26-15/h4-7,10H,8-9H2,1-3H3,(H,22,24)(H,23,25). The van der Waals surface area contributed by atoms with Crippen LogP contribution in [0.3, 0.4) is 0 Å². The van der Waals surface area contributed by atoms with Gasteiger partial charge in [0.15, 0.2) is 17.3 Å². The van der Waals surface area contributed by atoms with Gasteiger partial charge in [0.05, 0.1) is 0 Å². The lowest BCUT2D eigenvalue weighted by Gasteiger charge is -2.18. The van der Waals surface area contributed by atoms with Crippen molar-refractivity contribution in [2.45, 2.75) is 20.8 Å². The normalized spacial score (nSPS) is 12.7. The van der Waals surface area contributed by atoms with Crippen LogP contribution in [0.1, 0.15) is 37.6 Å². The van der Waals surface area contributed by atoms with E-state index in [9.17, 15) is 9.59 Å². The molecule has 1 aliphatic heterocycles. The van der Waals surface area contributed by atoms with E-state index in [2.05, 4.69) is 10.9 Å². The Morgan fingerprint density at radius 3 is 2.29 bits per heavy atom. The summed E-state index contributed by atoms with van der Waals surface area (Å²) in [6, 6.07) is 8.79. The van der Waals surface area contributed by atoms with Crippen LogP contribution in [0.5, 0.6) is 11.5 Å². The maximum absolute atomic E-state index is 12.6. The summed E-state index contributed by atoms with van der Waals surface area (Å²) in [5.41, 5.74) is 8.56. The fourth-order valence-corrected chi connectivity index (χ4v) is 3.32. The smallest absolute Gasteiger partial charge is 0.305 e. The Hall–Kier alpha value is -3.48. The Bertz CT molecular complexity index is 1100. The highest BCUT2D eigenvalue weighted by molar-refractivity contribution is 6.02. The maximum Gasteiger partial charge on any atom is 0.305 e. The fourth-order valence-electron chi connectivity index (χ4n) is 3.32. The molecule has 1 aromatic heterocycles. The summed E-state index contributed by atoms with van der Waals surface area (Å²) in [4.78, 5) is 24.9. The van der Waals surface area contributed by atoms with Gasteiger partial charge in [0.2, 0.25) is 0 Å². The lowest BCUT2D eigenvalue weighted by Crippen LogP contribution is -2.41. The van der Waals surface area contributed by atoms with Crippen LogP contribution in [0.15, 0.2) is 34.7 Å². The third-order valence-electron chi connectivity index (χ3n) is 4.78. The highest BCUT2D eigenvalue weighted by atomic mass is 16.6. The summed E-state index contributed by atoms with van der Waals surface area (Å²) in [6.45, 7) is 6.63. The van der Waals surface area contributed by atoms with Crippen molar-refractivity contribution in [1.29, 1.82) is 0 Å². The Morgan fingerprint density at radius 1 is 0.857 bits per heavy atom. The van der Waals surface area contributed by atoms with Gasteiger partial charge in [0.25, 0.3) is 5.91 Å². The molecule has 0 spiro atoms. The first kappa shape index (κ1) is 17.9. The monoisotopic (exact) mass is 380 g/mol. The van der Waals surface area contributed by atoms with E-state index in [4.69, 9.17) is 13.9 Å². The van der Waals surface area contributed by atoms with Gasteiger partial charge in [0, 0.05) is 16.5 Å². The van der Waals surface area contributed by atoms with Gasteiger partial charge >= 0.3 is 5.91 Å². The highest BCUT2D eigenvalue weighted by Crippen LogP contribution is 2.31. The van der Waals surface area contributed by atoms with Crippen molar-refractivity contribution in [3.63, 3.8) is 0 Å². The highest BCUT2D eigenvalue weighted by Gasteiger charge is 2.21. The van der Waals surface area contributed by atoms with Crippen LogP contribution in [0.4, 0.5) is 0 Å². The molecule has 1 aliphatic rings. The number of fused-ring (bicyclic) bond motifs is 2. The van der Waals surface area contributed by atoms with Crippen LogP contribution in [0, 0.1) is 20.8 Å². The first-order chi connectivity index (χ1) is 13.5. The topological polar surface area (TPSA) is 89.8 Å². The number of ether oxygens (including phenoxy) is 2. The zero-order valence-corrected chi connectivity index (χ0v) is 15.8. The van der Waals surface area contributed by atoms with E-state index in [-0.39, 0.29) is 5.76 Å². The van der Waals surface area contributed by atoms with Crippen molar-refractivity contribution >= 4 is 22.8 Å². The SMILES string of the molecule is Cc1ccc(C)c2c(C)c(C(=O)NNC(=O)c3ccc4c(c3)OCCO4)oc12. The molecule has 2 heterocycles. The molecule has 0 aliphatic carbocycles. The first-order valence-electron chi connectivity index (χ1n) is 8.95. The van der Waals surface area contributed by atoms with Crippen molar-refractivity contribution in [1.82, 2.24) is 10.9 Å². The second-order valence-corrected chi connectivity index (χ2v) is 6.73. The van der Waals surface area contributed by atoms with Gasteiger partial charge in [-0.15, -0.1) is 0 Å². The van der Waals surface area contributed by atoms with E-state index in [1.165, 1.54) is 0 Å². The van der Waals surface area contributed by atoms with E-state index in [1.54, 1.807) is 18.2 Å². The number of hydrogen-bond acceptors (Lipinski definition) is 5. The van der Waals surface area contributed by atoms with Gasteiger partial charge in [-0.2, -0.15) is 0 Å². The van der Waals surface area contributed by atoms with E-state index >= 15 is 0 Å². The molecule has 0 saturated heterocycles. The summed E-state index contributed by atoms with van der Waals surface area (Å²) in [5, 5.41) is 0.920. The van der Waals surface area contributed by atoms with Crippen LogP contribution >= 0.6 is 0 Å². The number of furan rings is 1. The number of hydrogen-bond donors (Lipinski definition) is 2. The van der Waals surface area contributed by atoms with E-state index in [0.29, 0.717) is 35.9 Å². The third-order valence-corrected chi connectivity index (χ3v) is 4.78. The molecule has 28 heavy (non-hydrogen) atoms. The maximum atomic E-state index is 12.6. The number of carbonyl (C=O) groups excluding carboxylic acids is 2. The van der Waals surface area contributed by atoms with Crippen molar-refractivity contribution in [2.75, 3.05) is 13.2 Å². The van der Waals surface area contributed by atoms with E-state index in [0.717, 1.165) is 22.1 Å². The molecular formula is C21H20N2O5. The Balaban J connectivity index is 1.51. The summed E-state index contributed by atoms with van der Waals surface area (Å²) in [6.07, 6.45) is 0. The zero-order valence-electron chi connectivity index (χ0n) is 15.8. The lowest BCUT2D eigenvalue weighted by molar-refractivity contribution is 0.0831. The summed E-state index contributed by atoms with van der Waals surface area (Å²) < 4.78 is 16.7. The van der Waals surface area contributed by atoms with Crippen LogP contribution in [0.2, 0.25) is 0 Å². The molecule has 2 N–H and O–H groups in total. The third kappa shape index (κ3) is 3.05. The largest absolute Gasteiger partial charge is 0.486 e. The van der Waals surface area contributed by atoms with Crippen molar-refractivity contribution in [3.8, 4) is 11.5 Å². The van der Waals surface area contributed by atoms with Gasteiger partial charge in [-0.25, -0.2) is 0 Å². The molecule has 144 valence electrons. The van der Waals surface area contributed by atoms with Crippen LogP contribution in [0.25, 0.3) is 11.0 Å². The second kappa shape index (κ2) is 6.92. The Labute approximate surface area is 161 Å². The minimum Gasteiger partial charge on any atom is -0.486 e. The number of aryl methyl sites for hydroxylation is 3. The molecule has 4 rings (SSSR count). The molecule has 0 bridgehead atoms. The van der Waals surface area contributed by atoms with Gasteiger partial charge in [-0.05, 0) is 50.1 Å². The Kier molecular flexibility index (Phi) is 4.43. The minimum atomic E-state index is -0.515.